The largest absolute Gasteiger partial charge is 0.353 e. The molecule has 2 fully saturated rings. The van der Waals surface area contributed by atoms with Gasteiger partial charge >= 0.3 is 0 Å². The molecule has 0 radical (unpaired) electrons. The zero-order chi connectivity index (χ0) is 26.4. The number of likely N-dealkylation sites (tertiary alicyclic amines) is 1. The molecule has 2 aliphatic rings. The van der Waals surface area contributed by atoms with Gasteiger partial charge in [-0.3, -0.25) is 19.5 Å². The molecule has 1 aromatic heterocycles. The molecule has 1 N–H and O–H groups in total. The van der Waals surface area contributed by atoms with Gasteiger partial charge in [-0.2, -0.15) is 5.26 Å². The van der Waals surface area contributed by atoms with E-state index in [2.05, 4.69) is 37.3 Å². The second kappa shape index (κ2) is 11.8. The quantitative estimate of drug-likeness (QED) is 0.546. The SMILES string of the molecule is CC(C)(C)c1ccc(N(CC(C(=O)NC2CCCCC2)c2cccnc2)C(=O)[C@@H]2CCCN2C#N)cc1. The van der Waals surface area contributed by atoms with Gasteiger partial charge in [0, 0.05) is 37.2 Å². The number of aromatic nitrogens is 1. The highest BCUT2D eigenvalue weighted by Gasteiger charge is 2.36. The first-order chi connectivity index (χ1) is 17.8. The second-order valence-electron chi connectivity index (χ2n) is 11.4. The second-order valence-corrected chi connectivity index (χ2v) is 11.4. The number of amides is 2. The molecule has 0 bridgehead atoms. The van der Waals surface area contributed by atoms with Crippen LogP contribution in [0.4, 0.5) is 5.69 Å². The number of benzene rings is 1. The molecule has 2 amide bonds. The first-order valence-electron chi connectivity index (χ1n) is 13.6. The Morgan fingerprint density at radius 3 is 2.46 bits per heavy atom. The molecule has 1 saturated carbocycles. The molecule has 1 saturated heterocycles. The lowest BCUT2D eigenvalue weighted by molar-refractivity contribution is -0.124. The third-order valence-corrected chi connectivity index (χ3v) is 7.70. The van der Waals surface area contributed by atoms with E-state index in [1.165, 1.54) is 12.0 Å². The number of nitriles is 1. The van der Waals surface area contributed by atoms with Gasteiger partial charge in [0.15, 0.2) is 6.19 Å². The Kier molecular flexibility index (Phi) is 8.48. The van der Waals surface area contributed by atoms with Crippen LogP contribution in [0.25, 0.3) is 0 Å². The number of rotatable bonds is 7. The van der Waals surface area contributed by atoms with Gasteiger partial charge in [-0.15, -0.1) is 0 Å². The zero-order valence-electron chi connectivity index (χ0n) is 22.3. The van der Waals surface area contributed by atoms with Crippen molar-refractivity contribution in [1.29, 1.82) is 5.26 Å². The number of anilines is 1. The summed E-state index contributed by atoms with van der Waals surface area (Å²) in [6.07, 6.45) is 12.5. The van der Waals surface area contributed by atoms with Crippen LogP contribution >= 0.6 is 0 Å². The molecule has 0 spiro atoms. The summed E-state index contributed by atoms with van der Waals surface area (Å²) >= 11 is 0. The van der Waals surface area contributed by atoms with Crippen molar-refractivity contribution in [3.05, 3.63) is 59.9 Å². The number of hydrogen-bond donors (Lipinski definition) is 1. The predicted octanol–water partition coefficient (Wildman–Crippen LogP) is 4.89. The summed E-state index contributed by atoms with van der Waals surface area (Å²) in [6, 6.07) is 11.4. The number of carbonyl (C=O) groups excluding carboxylic acids is 2. The normalized spacial score (nSPS) is 19.2. The number of hydrogen-bond acceptors (Lipinski definition) is 5. The van der Waals surface area contributed by atoms with Crippen LogP contribution < -0.4 is 10.2 Å². The van der Waals surface area contributed by atoms with Crippen molar-refractivity contribution in [2.45, 2.75) is 89.1 Å². The Labute approximate surface area is 220 Å². The molecule has 2 heterocycles. The van der Waals surface area contributed by atoms with E-state index >= 15 is 0 Å². The average molecular weight is 502 g/mol. The maximum Gasteiger partial charge on any atom is 0.250 e. The van der Waals surface area contributed by atoms with Gasteiger partial charge in [0.1, 0.15) is 6.04 Å². The van der Waals surface area contributed by atoms with Gasteiger partial charge in [0.05, 0.1) is 5.92 Å². The van der Waals surface area contributed by atoms with Gasteiger partial charge in [0.2, 0.25) is 11.8 Å². The van der Waals surface area contributed by atoms with Gasteiger partial charge in [-0.05, 0) is 60.4 Å². The van der Waals surface area contributed by atoms with Gasteiger partial charge in [-0.1, -0.05) is 58.2 Å². The van der Waals surface area contributed by atoms with Crippen molar-refractivity contribution >= 4 is 17.5 Å². The third-order valence-electron chi connectivity index (χ3n) is 7.70. The smallest absolute Gasteiger partial charge is 0.250 e. The lowest BCUT2D eigenvalue weighted by Gasteiger charge is -2.32. The lowest BCUT2D eigenvalue weighted by Crippen LogP contribution is -2.48. The fraction of sp³-hybridized carbons (Fsp3) is 0.533. The monoisotopic (exact) mass is 501 g/mol. The van der Waals surface area contributed by atoms with E-state index in [1.54, 1.807) is 22.2 Å². The highest BCUT2D eigenvalue weighted by molar-refractivity contribution is 5.99. The van der Waals surface area contributed by atoms with Crippen molar-refractivity contribution < 1.29 is 9.59 Å². The van der Waals surface area contributed by atoms with E-state index in [1.807, 2.05) is 36.4 Å². The van der Waals surface area contributed by atoms with Gasteiger partial charge in [-0.25, -0.2) is 0 Å². The summed E-state index contributed by atoms with van der Waals surface area (Å²) in [7, 11) is 0. The topological polar surface area (TPSA) is 89.3 Å². The maximum atomic E-state index is 14.0. The molecule has 4 rings (SSSR count). The number of nitrogens with zero attached hydrogens (tertiary/aromatic N) is 4. The van der Waals surface area contributed by atoms with Crippen molar-refractivity contribution in [3.63, 3.8) is 0 Å². The molecule has 7 nitrogen and oxygen atoms in total. The predicted molar refractivity (Wildman–Crippen MR) is 145 cm³/mol. The maximum absolute atomic E-state index is 14.0. The minimum absolute atomic E-state index is 0.0193. The minimum atomic E-state index is -0.571. The van der Waals surface area contributed by atoms with E-state index in [-0.39, 0.29) is 29.8 Å². The Balaban J connectivity index is 1.67. The molecular formula is C30H39N5O2. The Morgan fingerprint density at radius 1 is 1.11 bits per heavy atom. The van der Waals surface area contributed by atoms with E-state index in [4.69, 9.17) is 0 Å². The van der Waals surface area contributed by atoms with Crippen LogP contribution in [0.2, 0.25) is 0 Å². The van der Waals surface area contributed by atoms with Crippen molar-refractivity contribution in [2.75, 3.05) is 18.0 Å². The Bertz CT molecular complexity index is 1100. The molecule has 2 aromatic rings. The van der Waals surface area contributed by atoms with Crippen LogP contribution in [0.1, 0.15) is 82.8 Å². The molecule has 1 aromatic carbocycles. The summed E-state index contributed by atoms with van der Waals surface area (Å²) in [5.41, 5.74) is 2.67. The Hall–Kier alpha value is -3.40. The summed E-state index contributed by atoms with van der Waals surface area (Å²) in [6.45, 7) is 7.23. The van der Waals surface area contributed by atoms with Crippen molar-refractivity contribution in [1.82, 2.24) is 15.2 Å². The van der Waals surface area contributed by atoms with Crippen LogP contribution in [0.5, 0.6) is 0 Å². The molecule has 7 heteroatoms. The summed E-state index contributed by atoms with van der Waals surface area (Å²) in [5.74, 6) is -0.784. The molecule has 1 aliphatic carbocycles. The Morgan fingerprint density at radius 2 is 1.84 bits per heavy atom. The summed E-state index contributed by atoms with van der Waals surface area (Å²) in [4.78, 5) is 35.2. The third kappa shape index (κ3) is 6.49. The van der Waals surface area contributed by atoms with Gasteiger partial charge in [0.25, 0.3) is 0 Å². The molecular weight excluding hydrogens is 462 g/mol. The van der Waals surface area contributed by atoms with Crippen molar-refractivity contribution in [2.24, 2.45) is 0 Å². The fourth-order valence-corrected chi connectivity index (χ4v) is 5.44. The van der Waals surface area contributed by atoms with Gasteiger partial charge < -0.3 is 10.2 Å². The van der Waals surface area contributed by atoms with Crippen molar-refractivity contribution in [3.8, 4) is 6.19 Å². The molecule has 196 valence electrons. The van der Waals surface area contributed by atoms with E-state index in [9.17, 15) is 14.9 Å². The molecule has 1 aliphatic heterocycles. The highest BCUT2D eigenvalue weighted by Crippen LogP contribution is 2.29. The first-order valence-corrected chi connectivity index (χ1v) is 13.6. The molecule has 37 heavy (non-hydrogen) atoms. The first kappa shape index (κ1) is 26.7. The number of carbonyl (C=O) groups is 2. The number of nitrogens with one attached hydrogen (secondary N) is 1. The van der Waals surface area contributed by atoms with Crippen LogP contribution in [0.3, 0.4) is 0 Å². The fourth-order valence-electron chi connectivity index (χ4n) is 5.44. The summed E-state index contributed by atoms with van der Waals surface area (Å²) < 4.78 is 0. The number of pyridine rings is 1. The summed E-state index contributed by atoms with van der Waals surface area (Å²) in [5, 5.41) is 12.9. The molecule has 1 unspecified atom stereocenters. The van der Waals surface area contributed by atoms with E-state index in [0.29, 0.717) is 13.0 Å². The van der Waals surface area contributed by atoms with Crippen LogP contribution in [0, 0.1) is 11.5 Å². The lowest BCUT2D eigenvalue weighted by atomic mass is 9.87. The average Bonchev–Trinajstić information content (AvgIpc) is 3.39. The minimum Gasteiger partial charge on any atom is -0.353 e. The zero-order valence-corrected chi connectivity index (χ0v) is 22.3. The van der Waals surface area contributed by atoms with Crippen LogP contribution in [-0.2, 0) is 15.0 Å². The van der Waals surface area contributed by atoms with E-state index in [0.717, 1.165) is 43.4 Å². The van der Waals surface area contributed by atoms with E-state index < -0.39 is 12.0 Å². The standard InChI is InChI=1S/C30H39N5O2/c1-30(2,3)23-13-15-25(16-14-23)35(29(37)27-12-8-18-34(27)21-31)20-26(22-9-7-17-32-19-22)28(36)33-24-10-5-4-6-11-24/h7,9,13-17,19,24,26-27H,4-6,8,10-12,18,20H2,1-3H3,(H,33,36)/t26?,27-/m0/s1. The van der Waals surface area contributed by atoms with Crippen LogP contribution in [0.15, 0.2) is 48.8 Å². The van der Waals surface area contributed by atoms with Crippen LogP contribution in [-0.4, -0.2) is 46.9 Å². The highest BCUT2D eigenvalue weighted by atomic mass is 16.2. The molecule has 2 atom stereocenters.